The molecule has 0 bridgehead atoms. The molecule has 19 heavy (non-hydrogen) atoms. The topological polar surface area (TPSA) is 46.7 Å². The lowest BCUT2D eigenvalue weighted by molar-refractivity contribution is -0.424. The van der Waals surface area contributed by atoms with Gasteiger partial charge >= 0.3 is 0 Å². The number of anilines is 1. The largest absolute Gasteiger partial charge is 0.508 e. The third kappa shape index (κ3) is 2.38. The van der Waals surface area contributed by atoms with E-state index in [1.807, 2.05) is 30.6 Å². The van der Waals surface area contributed by atoms with Crippen LogP contribution in [0.3, 0.4) is 0 Å². The van der Waals surface area contributed by atoms with Crippen LogP contribution in [0.5, 0.6) is 11.5 Å². The highest BCUT2D eigenvalue weighted by Crippen LogP contribution is 2.22. The minimum Gasteiger partial charge on any atom is -0.508 e. The molecule has 0 aliphatic carbocycles. The van der Waals surface area contributed by atoms with Crippen molar-refractivity contribution in [3.63, 3.8) is 0 Å². The van der Waals surface area contributed by atoms with Gasteiger partial charge in [-0.05, 0) is 48.5 Å². The van der Waals surface area contributed by atoms with Crippen LogP contribution < -0.4 is 4.90 Å². The zero-order valence-corrected chi connectivity index (χ0v) is 10.4. The van der Waals surface area contributed by atoms with Crippen LogP contribution in [0.15, 0.2) is 48.5 Å². The molecule has 0 unspecified atom stereocenters. The number of rotatable bonds is 2. The molecule has 0 aromatic heterocycles. The van der Waals surface area contributed by atoms with Gasteiger partial charge < -0.3 is 10.2 Å². The maximum absolute atomic E-state index is 9.29. The van der Waals surface area contributed by atoms with Gasteiger partial charge in [-0.25, -0.2) is 9.48 Å². The van der Waals surface area contributed by atoms with E-state index in [2.05, 4.69) is 9.48 Å². The molecule has 4 heteroatoms. The Kier molecular flexibility index (Phi) is 2.83. The summed E-state index contributed by atoms with van der Waals surface area (Å²) in [4.78, 5) is 2.13. The summed E-state index contributed by atoms with van der Waals surface area (Å²) in [5.74, 6) is 0.552. The molecular weight excluding hydrogens is 240 g/mol. The standard InChI is InChI=1S/C15H14N2O2/c18-14-5-1-12(2-6-14)16-9-10-17(11-16)13-3-7-15(19)8-4-13/h1-8,11H,9-10H2,(H-,18,19)/p+1. The summed E-state index contributed by atoms with van der Waals surface area (Å²) in [7, 11) is 0. The normalized spacial score (nSPS) is 14.5. The molecule has 3 rings (SSSR count). The zero-order valence-electron chi connectivity index (χ0n) is 10.4. The molecular formula is C15H15N2O2+. The van der Waals surface area contributed by atoms with E-state index in [-0.39, 0.29) is 11.5 Å². The van der Waals surface area contributed by atoms with Crippen LogP contribution in [0.1, 0.15) is 0 Å². The van der Waals surface area contributed by atoms with Crippen molar-refractivity contribution in [1.29, 1.82) is 0 Å². The minimum absolute atomic E-state index is 0.276. The van der Waals surface area contributed by atoms with Crippen molar-refractivity contribution in [2.75, 3.05) is 18.0 Å². The van der Waals surface area contributed by atoms with E-state index in [9.17, 15) is 10.2 Å². The first kappa shape index (κ1) is 11.6. The Labute approximate surface area is 111 Å². The van der Waals surface area contributed by atoms with Gasteiger partial charge in [0.25, 0.3) is 0 Å². The summed E-state index contributed by atoms with van der Waals surface area (Å²) in [6, 6.07) is 14.3. The van der Waals surface area contributed by atoms with Crippen LogP contribution in [0.4, 0.5) is 11.4 Å². The molecule has 0 atom stereocenters. The SMILES string of the molecule is Oc1ccc(N2C=[N+](c3ccc(O)cc3)CC2)cc1. The van der Waals surface area contributed by atoms with E-state index in [0.29, 0.717) is 0 Å². The average molecular weight is 255 g/mol. The summed E-state index contributed by atoms with van der Waals surface area (Å²) in [6.45, 7) is 1.79. The van der Waals surface area contributed by atoms with E-state index >= 15 is 0 Å². The van der Waals surface area contributed by atoms with Crippen molar-refractivity contribution >= 4 is 17.7 Å². The van der Waals surface area contributed by atoms with Crippen LogP contribution in [-0.2, 0) is 0 Å². The Morgan fingerprint density at radius 1 is 0.842 bits per heavy atom. The van der Waals surface area contributed by atoms with Crippen molar-refractivity contribution in [3.8, 4) is 11.5 Å². The quantitative estimate of drug-likeness (QED) is 0.809. The Balaban J connectivity index is 1.84. The van der Waals surface area contributed by atoms with Crippen LogP contribution in [0, 0.1) is 0 Å². The molecule has 2 N–H and O–H groups in total. The first-order chi connectivity index (χ1) is 9.22. The highest BCUT2D eigenvalue weighted by atomic mass is 16.3. The number of phenolic OH excluding ortho intramolecular Hbond substituents is 2. The van der Waals surface area contributed by atoms with Gasteiger partial charge in [-0.15, -0.1) is 0 Å². The first-order valence-corrected chi connectivity index (χ1v) is 6.19. The summed E-state index contributed by atoms with van der Waals surface area (Å²) in [5.41, 5.74) is 2.11. The third-order valence-corrected chi connectivity index (χ3v) is 3.22. The summed E-state index contributed by atoms with van der Waals surface area (Å²) < 4.78 is 2.13. The second-order valence-corrected chi connectivity index (χ2v) is 4.54. The lowest BCUT2D eigenvalue weighted by Gasteiger charge is -2.05. The highest BCUT2D eigenvalue weighted by molar-refractivity contribution is 5.78. The molecule has 0 amide bonds. The predicted octanol–water partition coefficient (Wildman–Crippen LogP) is 2.29. The monoisotopic (exact) mass is 255 g/mol. The van der Waals surface area contributed by atoms with Gasteiger partial charge in [-0.2, -0.15) is 0 Å². The summed E-state index contributed by atoms with van der Waals surface area (Å²) in [6.07, 6.45) is 2.04. The Hall–Kier alpha value is -2.49. The molecule has 2 aromatic rings. The summed E-state index contributed by atoms with van der Waals surface area (Å²) in [5, 5.41) is 18.6. The first-order valence-electron chi connectivity index (χ1n) is 6.19. The van der Waals surface area contributed by atoms with Crippen LogP contribution >= 0.6 is 0 Å². The molecule has 0 saturated carbocycles. The zero-order chi connectivity index (χ0) is 13.2. The van der Waals surface area contributed by atoms with Gasteiger partial charge in [0.1, 0.15) is 36.0 Å². The predicted molar refractivity (Wildman–Crippen MR) is 74.4 cm³/mol. The number of phenols is 2. The molecule has 1 aliphatic heterocycles. The van der Waals surface area contributed by atoms with Crippen molar-refractivity contribution in [1.82, 2.24) is 0 Å². The van der Waals surface area contributed by atoms with Crippen LogP contribution in [0.25, 0.3) is 0 Å². The van der Waals surface area contributed by atoms with Gasteiger partial charge in [-0.3, -0.25) is 0 Å². The van der Waals surface area contributed by atoms with Crippen LogP contribution in [-0.4, -0.2) is 34.2 Å². The molecule has 96 valence electrons. The maximum Gasteiger partial charge on any atom is 0.244 e. The molecule has 1 heterocycles. The molecule has 4 nitrogen and oxygen atoms in total. The Morgan fingerprint density at radius 2 is 1.42 bits per heavy atom. The van der Waals surface area contributed by atoms with Crippen molar-refractivity contribution in [2.45, 2.75) is 0 Å². The van der Waals surface area contributed by atoms with E-state index < -0.39 is 0 Å². The van der Waals surface area contributed by atoms with Gasteiger partial charge in [-0.1, -0.05) is 0 Å². The smallest absolute Gasteiger partial charge is 0.244 e. The second-order valence-electron chi connectivity index (χ2n) is 4.54. The maximum atomic E-state index is 9.29. The fourth-order valence-corrected chi connectivity index (χ4v) is 2.18. The van der Waals surface area contributed by atoms with Crippen LogP contribution in [0.2, 0.25) is 0 Å². The van der Waals surface area contributed by atoms with Crippen molar-refractivity contribution in [3.05, 3.63) is 48.5 Å². The Morgan fingerprint density at radius 3 is 2.05 bits per heavy atom. The molecule has 0 saturated heterocycles. The average Bonchev–Trinajstić information content (AvgIpc) is 2.90. The fourth-order valence-electron chi connectivity index (χ4n) is 2.18. The van der Waals surface area contributed by atoms with Gasteiger partial charge in [0.05, 0.1) is 0 Å². The lowest BCUT2D eigenvalue weighted by Crippen LogP contribution is -2.17. The van der Waals surface area contributed by atoms with E-state index in [1.165, 1.54) is 0 Å². The molecule has 0 fully saturated rings. The van der Waals surface area contributed by atoms with Gasteiger partial charge in [0.15, 0.2) is 0 Å². The van der Waals surface area contributed by atoms with Gasteiger partial charge in [0.2, 0.25) is 6.34 Å². The number of hydrogen-bond donors (Lipinski definition) is 2. The molecule has 2 aromatic carbocycles. The number of hydrogen-bond acceptors (Lipinski definition) is 3. The Bertz CT molecular complexity index is 603. The number of aromatic hydroxyl groups is 2. The highest BCUT2D eigenvalue weighted by Gasteiger charge is 2.22. The van der Waals surface area contributed by atoms with E-state index in [1.54, 1.807) is 24.3 Å². The third-order valence-electron chi connectivity index (χ3n) is 3.22. The van der Waals surface area contributed by atoms with E-state index in [0.717, 1.165) is 24.5 Å². The van der Waals surface area contributed by atoms with Gasteiger partial charge in [0, 0.05) is 0 Å². The van der Waals surface area contributed by atoms with Crippen molar-refractivity contribution < 1.29 is 14.8 Å². The van der Waals surface area contributed by atoms with E-state index in [4.69, 9.17) is 0 Å². The number of nitrogens with zero attached hydrogens (tertiary/aromatic N) is 2. The minimum atomic E-state index is 0.276. The molecule has 0 spiro atoms. The summed E-state index contributed by atoms with van der Waals surface area (Å²) >= 11 is 0. The number of benzene rings is 2. The molecule has 1 aliphatic rings. The lowest BCUT2D eigenvalue weighted by atomic mass is 10.3. The second kappa shape index (κ2) is 4.65. The molecule has 0 radical (unpaired) electrons. The van der Waals surface area contributed by atoms with Crippen molar-refractivity contribution in [2.24, 2.45) is 0 Å². The fraction of sp³-hybridized carbons (Fsp3) is 0.133.